The molecule has 0 amide bonds. The van der Waals surface area contributed by atoms with E-state index in [1.807, 2.05) is 6.07 Å². The molecule has 3 aliphatic rings. The second-order valence-corrected chi connectivity index (χ2v) is 19.9. The van der Waals surface area contributed by atoms with Gasteiger partial charge in [0.1, 0.15) is 5.69 Å². The van der Waals surface area contributed by atoms with E-state index in [4.69, 9.17) is 0 Å². The van der Waals surface area contributed by atoms with E-state index in [-0.39, 0.29) is 5.69 Å². The zero-order chi connectivity index (χ0) is 22.2. The minimum absolute atomic E-state index is 0.140. The Balaban J connectivity index is 0.000000165. The van der Waals surface area contributed by atoms with Crippen LogP contribution in [-0.4, -0.2) is 35.7 Å². The summed E-state index contributed by atoms with van der Waals surface area (Å²) in [6, 6.07) is 7.06. The summed E-state index contributed by atoms with van der Waals surface area (Å²) in [5, 5.41) is 10.4. The molecule has 0 saturated heterocycles. The van der Waals surface area contributed by atoms with Crippen molar-refractivity contribution in [2.24, 2.45) is 0 Å². The van der Waals surface area contributed by atoms with E-state index in [1.54, 1.807) is 115 Å². The minimum Gasteiger partial charge on any atom is -0.543 e. The summed E-state index contributed by atoms with van der Waals surface area (Å²) in [7, 11) is 0. The van der Waals surface area contributed by atoms with Crippen LogP contribution in [-0.2, 0) is 0 Å². The molecule has 2 aromatic rings. The van der Waals surface area contributed by atoms with Crippen LogP contribution in [0.5, 0.6) is 0 Å². The van der Waals surface area contributed by atoms with Gasteiger partial charge in [0.2, 0.25) is 0 Å². The maximum Gasteiger partial charge on any atom is 0.105 e. The quantitative estimate of drug-likeness (QED) is 0.416. The zero-order valence-corrected chi connectivity index (χ0v) is 22.3. The zero-order valence-electron chi connectivity index (χ0n) is 19.4. The standard InChI is InChI=1S/C9H6N2O2.3C6H11.Sn/c12-9(13)8-5-10-6-3-1-2-4-7(6)11-8;3*1-2-4-6-5-3-1;/h1-5H,(H,12,13);3*1H,2-6H2;/q;;;;+1/p-1. The van der Waals surface area contributed by atoms with Gasteiger partial charge in [0.05, 0.1) is 23.2 Å². The van der Waals surface area contributed by atoms with Gasteiger partial charge in [-0.1, -0.05) is 12.1 Å². The van der Waals surface area contributed by atoms with Crippen molar-refractivity contribution in [3.8, 4) is 0 Å². The van der Waals surface area contributed by atoms with Gasteiger partial charge in [-0.15, -0.1) is 0 Å². The minimum atomic E-state index is -1.31. The van der Waals surface area contributed by atoms with E-state index < -0.39 is 25.7 Å². The van der Waals surface area contributed by atoms with Crippen molar-refractivity contribution >= 4 is 36.8 Å². The van der Waals surface area contributed by atoms with Crippen LogP contribution in [0.4, 0.5) is 0 Å². The Kier molecular flexibility index (Phi) is 9.24. The largest absolute Gasteiger partial charge is 0.543 e. The van der Waals surface area contributed by atoms with E-state index in [2.05, 4.69) is 9.97 Å². The number of carboxylic acids is 1. The number of para-hydroxylation sites is 2. The van der Waals surface area contributed by atoms with Crippen LogP contribution in [0.1, 0.15) is 107 Å². The van der Waals surface area contributed by atoms with Gasteiger partial charge in [-0.05, 0) is 12.1 Å². The first-order chi connectivity index (χ1) is 15.7. The maximum atomic E-state index is 10.4. The summed E-state index contributed by atoms with van der Waals surface area (Å²) in [5.41, 5.74) is 1.09. The second kappa shape index (κ2) is 12.3. The number of rotatable bonds is 4. The summed E-state index contributed by atoms with van der Waals surface area (Å²) < 4.78 is 3.96. The van der Waals surface area contributed by atoms with Crippen molar-refractivity contribution in [3.63, 3.8) is 0 Å². The summed E-state index contributed by atoms with van der Waals surface area (Å²) in [5.74, 6) is -1.31. The molecule has 1 aromatic heterocycles. The number of fused-ring (bicyclic) bond motifs is 1. The monoisotopic (exact) mass is 542 g/mol. The molecule has 0 bridgehead atoms. The van der Waals surface area contributed by atoms with Gasteiger partial charge in [-0.2, -0.15) is 0 Å². The molecule has 5 heteroatoms. The number of carbonyl (C=O) groups is 1. The number of hydrogen-bond donors (Lipinski definition) is 0. The molecular weight excluding hydrogens is 503 g/mol. The number of nitrogens with zero attached hydrogens (tertiary/aromatic N) is 2. The molecular formula is C27H38N2O2Sn. The van der Waals surface area contributed by atoms with Gasteiger partial charge in [0.25, 0.3) is 0 Å². The van der Waals surface area contributed by atoms with Crippen LogP contribution in [0.25, 0.3) is 11.0 Å². The fourth-order valence-corrected chi connectivity index (χ4v) is 21.3. The molecule has 0 spiro atoms. The van der Waals surface area contributed by atoms with Crippen molar-refractivity contribution in [2.75, 3.05) is 0 Å². The van der Waals surface area contributed by atoms with E-state index in [0.717, 1.165) is 0 Å². The summed E-state index contributed by atoms with van der Waals surface area (Å²) >= 11 is -1.15. The van der Waals surface area contributed by atoms with Gasteiger partial charge in [0, 0.05) is 0 Å². The van der Waals surface area contributed by atoms with Crippen LogP contribution < -0.4 is 5.11 Å². The van der Waals surface area contributed by atoms with Crippen molar-refractivity contribution < 1.29 is 9.90 Å². The van der Waals surface area contributed by atoms with Crippen molar-refractivity contribution in [2.45, 2.75) is 108 Å². The molecule has 0 aliphatic heterocycles. The Labute approximate surface area is 200 Å². The number of aromatic nitrogens is 2. The van der Waals surface area contributed by atoms with Crippen molar-refractivity contribution in [1.29, 1.82) is 0 Å². The van der Waals surface area contributed by atoms with Gasteiger partial charge in [-0.3, -0.25) is 4.98 Å². The number of benzene rings is 1. The Morgan fingerprint density at radius 2 is 1.16 bits per heavy atom. The maximum absolute atomic E-state index is 10.4. The smallest absolute Gasteiger partial charge is 0.105 e. The molecule has 1 aromatic carbocycles. The first kappa shape index (κ1) is 24.0. The number of hydrogen-bond acceptors (Lipinski definition) is 4. The molecule has 172 valence electrons. The molecule has 3 saturated carbocycles. The Morgan fingerprint density at radius 3 is 1.59 bits per heavy atom. The number of carboxylic acid groups (broad SMARTS) is 1. The molecule has 0 atom stereocenters. The van der Waals surface area contributed by atoms with Gasteiger partial charge < -0.3 is 9.90 Å². The third-order valence-corrected chi connectivity index (χ3v) is 20.9. The van der Waals surface area contributed by atoms with Gasteiger partial charge in [0.15, 0.2) is 0 Å². The van der Waals surface area contributed by atoms with Crippen molar-refractivity contribution in [3.05, 3.63) is 36.2 Å². The molecule has 5 rings (SSSR count). The summed E-state index contributed by atoms with van der Waals surface area (Å²) in [6.07, 6.45) is 25.4. The predicted molar refractivity (Wildman–Crippen MR) is 130 cm³/mol. The SMILES string of the molecule is C1CC[CH]([Sn+]([CH]2CCCCC2)[CH]2CCCCC2)CC1.O=C([O-])c1cnc2ccccc2n1. The average molecular weight is 541 g/mol. The third-order valence-electron chi connectivity index (χ3n) is 7.89. The average Bonchev–Trinajstić information content (AvgIpc) is 2.86. The summed E-state index contributed by atoms with van der Waals surface area (Å²) in [4.78, 5) is 18.2. The van der Waals surface area contributed by atoms with Crippen LogP contribution in [0.3, 0.4) is 0 Å². The first-order valence-corrected chi connectivity index (χ1v) is 18.0. The van der Waals surface area contributed by atoms with E-state index in [9.17, 15) is 9.90 Å². The molecule has 3 fully saturated rings. The molecule has 3 aliphatic carbocycles. The normalized spacial score (nSPS) is 21.0. The van der Waals surface area contributed by atoms with Crippen LogP contribution >= 0.6 is 0 Å². The van der Waals surface area contributed by atoms with E-state index in [0.29, 0.717) is 11.0 Å². The van der Waals surface area contributed by atoms with Gasteiger partial charge in [-0.25, -0.2) is 4.98 Å². The molecule has 1 heterocycles. The topological polar surface area (TPSA) is 65.9 Å². The van der Waals surface area contributed by atoms with Crippen LogP contribution in [0.2, 0.25) is 11.8 Å². The Hall–Kier alpha value is -1.17. The molecule has 4 nitrogen and oxygen atoms in total. The summed E-state index contributed by atoms with van der Waals surface area (Å²) in [6.45, 7) is 0. The Bertz CT molecular complexity index is 813. The number of aromatic carboxylic acids is 1. The molecule has 0 unspecified atom stereocenters. The Morgan fingerprint density at radius 1 is 0.719 bits per heavy atom. The predicted octanol–water partition coefficient (Wildman–Crippen LogP) is 6.48. The molecule has 0 N–H and O–H groups in total. The fraction of sp³-hybridized carbons (Fsp3) is 0.667. The van der Waals surface area contributed by atoms with Crippen LogP contribution in [0.15, 0.2) is 30.5 Å². The van der Waals surface area contributed by atoms with Crippen LogP contribution in [0, 0.1) is 0 Å². The van der Waals surface area contributed by atoms with E-state index in [1.165, 1.54) is 18.0 Å². The molecule has 0 radical (unpaired) electrons. The number of carbonyl (C=O) groups excluding carboxylic acids is 1. The van der Waals surface area contributed by atoms with E-state index >= 15 is 0 Å². The second-order valence-electron chi connectivity index (χ2n) is 10.0. The van der Waals surface area contributed by atoms with Gasteiger partial charge >= 0.3 is 128 Å². The van der Waals surface area contributed by atoms with Crippen molar-refractivity contribution in [1.82, 2.24) is 9.97 Å². The first-order valence-electron chi connectivity index (χ1n) is 13.0. The fourth-order valence-electron chi connectivity index (χ4n) is 6.36. The molecule has 32 heavy (non-hydrogen) atoms. The third kappa shape index (κ3) is 6.45.